The third kappa shape index (κ3) is 6.06. The predicted octanol–water partition coefficient (Wildman–Crippen LogP) is 3.87. The number of nitrogens with zero attached hydrogens (tertiary/aromatic N) is 5. The summed E-state index contributed by atoms with van der Waals surface area (Å²) in [6, 6.07) is 18.4. The Balaban J connectivity index is 0.00000400. The molecule has 0 bridgehead atoms. The minimum absolute atomic E-state index is 0. The normalized spacial score (nSPS) is 11.8. The van der Waals surface area contributed by atoms with E-state index in [4.69, 9.17) is 15.5 Å². The van der Waals surface area contributed by atoms with Crippen molar-refractivity contribution in [1.29, 1.82) is 0 Å². The van der Waals surface area contributed by atoms with Gasteiger partial charge in [-0.2, -0.15) is 4.52 Å². The fourth-order valence-corrected chi connectivity index (χ4v) is 4.49. The molecule has 1 unspecified atom stereocenters. The van der Waals surface area contributed by atoms with Gasteiger partial charge in [0, 0.05) is 18.2 Å². The molecule has 0 saturated heterocycles. The van der Waals surface area contributed by atoms with E-state index < -0.39 is 6.04 Å². The molecule has 4 rings (SSSR count). The third-order valence-corrected chi connectivity index (χ3v) is 6.37. The third-order valence-electron chi connectivity index (χ3n) is 6.37. The van der Waals surface area contributed by atoms with Crippen molar-refractivity contribution in [2.24, 2.45) is 11.7 Å². The SMILES string of the molecule is COc1cc2nc(C(C(C)C)N(CCCN)C(=O)c3ccc(C)cc3)n(Cc3ccccc3)c(=O)n2n1.Cl. The minimum atomic E-state index is -0.484. The van der Waals surface area contributed by atoms with E-state index in [2.05, 4.69) is 5.10 Å². The smallest absolute Gasteiger partial charge is 0.352 e. The lowest BCUT2D eigenvalue weighted by Gasteiger charge is -2.35. The topological polar surface area (TPSA) is 108 Å². The molecule has 0 fully saturated rings. The van der Waals surface area contributed by atoms with E-state index in [0.717, 1.165) is 11.1 Å². The molecule has 4 aromatic rings. The quantitative estimate of drug-likeness (QED) is 0.328. The van der Waals surface area contributed by atoms with Gasteiger partial charge in [-0.25, -0.2) is 9.78 Å². The molecular weight excluding hydrogens is 504 g/mol. The molecule has 0 radical (unpaired) electrons. The Morgan fingerprint density at radius 3 is 2.39 bits per heavy atom. The van der Waals surface area contributed by atoms with Crippen molar-refractivity contribution in [3.05, 3.63) is 93.7 Å². The number of carbonyl (C=O) groups is 1. The molecule has 0 aliphatic rings. The number of aromatic nitrogens is 4. The van der Waals surface area contributed by atoms with Gasteiger partial charge in [0.2, 0.25) is 5.88 Å². The number of halogens is 1. The summed E-state index contributed by atoms with van der Waals surface area (Å²) in [5, 5.41) is 4.27. The molecule has 2 aromatic heterocycles. The summed E-state index contributed by atoms with van der Waals surface area (Å²) in [5.41, 5.74) is 8.48. The average Bonchev–Trinajstić information content (AvgIpc) is 3.32. The Labute approximate surface area is 228 Å². The van der Waals surface area contributed by atoms with Crippen LogP contribution < -0.4 is 16.2 Å². The molecule has 202 valence electrons. The highest BCUT2D eigenvalue weighted by Crippen LogP contribution is 2.30. The molecule has 2 heterocycles. The second kappa shape index (κ2) is 12.7. The van der Waals surface area contributed by atoms with Gasteiger partial charge < -0.3 is 15.4 Å². The molecule has 1 amide bonds. The van der Waals surface area contributed by atoms with Gasteiger partial charge in [-0.15, -0.1) is 17.5 Å². The zero-order valence-corrected chi connectivity index (χ0v) is 23.0. The van der Waals surface area contributed by atoms with Gasteiger partial charge in [-0.1, -0.05) is 61.9 Å². The Kier molecular flexibility index (Phi) is 9.66. The summed E-state index contributed by atoms with van der Waals surface area (Å²) in [6.45, 7) is 7.20. The highest BCUT2D eigenvalue weighted by atomic mass is 35.5. The van der Waals surface area contributed by atoms with E-state index in [1.54, 1.807) is 15.5 Å². The monoisotopic (exact) mass is 538 g/mol. The minimum Gasteiger partial charge on any atom is -0.480 e. The zero-order chi connectivity index (χ0) is 26.5. The summed E-state index contributed by atoms with van der Waals surface area (Å²) in [5.74, 6) is 0.619. The number of aryl methyl sites for hydroxylation is 1. The fourth-order valence-electron chi connectivity index (χ4n) is 4.49. The van der Waals surface area contributed by atoms with Gasteiger partial charge in [-0.3, -0.25) is 9.36 Å². The van der Waals surface area contributed by atoms with Crippen LogP contribution in [-0.4, -0.2) is 50.2 Å². The predicted molar refractivity (Wildman–Crippen MR) is 150 cm³/mol. The number of fused-ring (bicyclic) bond motifs is 1. The lowest BCUT2D eigenvalue weighted by Crippen LogP contribution is -2.43. The number of benzene rings is 2. The van der Waals surface area contributed by atoms with Crippen LogP contribution in [0.3, 0.4) is 0 Å². The van der Waals surface area contributed by atoms with Crippen LogP contribution in [0.5, 0.6) is 5.88 Å². The molecule has 0 saturated carbocycles. The van der Waals surface area contributed by atoms with Crippen LogP contribution in [0, 0.1) is 12.8 Å². The second-order valence-corrected chi connectivity index (χ2v) is 9.48. The molecule has 2 N–H and O–H groups in total. The van der Waals surface area contributed by atoms with Crippen LogP contribution >= 0.6 is 12.4 Å². The maximum Gasteiger partial charge on any atom is 0.352 e. The maximum atomic E-state index is 13.9. The van der Waals surface area contributed by atoms with E-state index in [9.17, 15) is 9.59 Å². The van der Waals surface area contributed by atoms with E-state index in [-0.39, 0.29) is 36.5 Å². The summed E-state index contributed by atoms with van der Waals surface area (Å²) >= 11 is 0. The number of methoxy groups -OCH3 is 1. The van der Waals surface area contributed by atoms with Crippen LogP contribution in [0.15, 0.2) is 65.5 Å². The van der Waals surface area contributed by atoms with Crippen LogP contribution in [0.2, 0.25) is 0 Å². The molecular formula is C28H35ClN6O3. The number of nitrogens with two attached hydrogens (primary N) is 1. The number of hydrogen-bond acceptors (Lipinski definition) is 6. The number of amides is 1. The van der Waals surface area contributed by atoms with Crippen LogP contribution in [0.25, 0.3) is 5.65 Å². The summed E-state index contributed by atoms with van der Waals surface area (Å²) in [4.78, 5) is 34.4. The van der Waals surface area contributed by atoms with E-state index >= 15 is 0 Å². The number of ether oxygens (including phenoxy) is 1. The van der Waals surface area contributed by atoms with Crippen LogP contribution in [0.4, 0.5) is 0 Å². The van der Waals surface area contributed by atoms with Gasteiger partial charge in [0.25, 0.3) is 5.91 Å². The molecule has 0 aliphatic heterocycles. The Morgan fingerprint density at radius 2 is 1.79 bits per heavy atom. The zero-order valence-electron chi connectivity index (χ0n) is 22.2. The fraction of sp³-hybridized carbons (Fsp3) is 0.357. The van der Waals surface area contributed by atoms with E-state index in [0.29, 0.717) is 42.4 Å². The van der Waals surface area contributed by atoms with Crippen LogP contribution in [-0.2, 0) is 6.54 Å². The molecule has 2 aromatic carbocycles. The van der Waals surface area contributed by atoms with Gasteiger partial charge >= 0.3 is 5.69 Å². The molecule has 10 heteroatoms. The van der Waals surface area contributed by atoms with Gasteiger partial charge in [0.15, 0.2) is 5.65 Å². The molecule has 0 spiro atoms. The molecule has 38 heavy (non-hydrogen) atoms. The van der Waals surface area contributed by atoms with Crippen LogP contribution in [0.1, 0.15) is 53.6 Å². The highest BCUT2D eigenvalue weighted by molar-refractivity contribution is 5.94. The number of rotatable bonds is 10. The van der Waals surface area contributed by atoms with Crippen molar-refractivity contribution in [3.8, 4) is 5.88 Å². The average molecular weight is 539 g/mol. The van der Waals surface area contributed by atoms with Gasteiger partial charge in [0.1, 0.15) is 5.82 Å². The first-order chi connectivity index (χ1) is 17.8. The lowest BCUT2D eigenvalue weighted by atomic mass is 9.99. The van der Waals surface area contributed by atoms with Crippen molar-refractivity contribution in [2.75, 3.05) is 20.2 Å². The summed E-state index contributed by atoms with van der Waals surface area (Å²) < 4.78 is 8.12. The summed E-state index contributed by atoms with van der Waals surface area (Å²) in [6.07, 6.45) is 0.618. The standard InChI is InChI=1S/C28H34N6O3.ClH/c1-19(2)25(32(16-8-15-29)27(35)22-13-11-20(3)12-14-22)26-30-23-17-24(37-4)31-34(23)28(36)33(26)18-21-9-6-5-7-10-21;/h5-7,9-14,17,19,25H,8,15-16,18,29H2,1-4H3;1H. The van der Waals surface area contributed by atoms with E-state index in [1.807, 2.05) is 75.4 Å². The first-order valence-corrected chi connectivity index (χ1v) is 12.5. The van der Waals surface area contributed by atoms with Gasteiger partial charge in [-0.05, 0) is 43.5 Å². The van der Waals surface area contributed by atoms with Gasteiger partial charge in [0.05, 0.1) is 19.7 Å². The van der Waals surface area contributed by atoms with Crippen molar-refractivity contribution >= 4 is 24.0 Å². The summed E-state index contributed by atoms with van der Waals surface area (Å²) in [7, 11) is 1.50. The first-order valence-electron chi connectivity index (χ1n) is 12.5. The lowest BCUT2D eigenvalue weighted by molar-refractivity contribution is 0.0601. The molecule has 1 atom stereocenters. The largest absolute Gasteiger partial charge is 0.480 e. The number of hydrogen-bond donors (Lipinski definition) is 1. The number of carbonyl (C=O) groups excluding carboxylic acids is 1. The van der Waals surface area contributed by atoms with Crippen molar-refractivity contribution in [3.63, 3.8) is 0 Å². The first kappa shape index (κ1) is 28.9. The molecule has 0 aliphatic carbocycles. The highest BCUT2D eigenvalue weighted by Gasteiger charge is 2.33. The van der Waals surface area contributed by atoms with Crippen molar-refractivity contribution in [1.82, 2.24) is 24.1 Å². The Bertz CT molecular complexity index is 1420. The maximum absolute atomic E-state index is 13.9. The van der Waals surface area contributed by atoms with Crippen molar-refractivity contribution in [2.45, 2.75) is 39.8 Å². The second-order valence-electron chi connectivity index (χ2n) is 9.48. The molecule has 9 nitrogen and oxygen atoms in total. The Hall–Kier alpha value is -3.69. The van der Waals surface area contributed by atoms with Crippen molar-refractivity contribution < 1.29 is 9.53 Å². The van der Waals surface area contributed by atoms with E-state index in [1.165, 1.54) is 11.6 Å². The Morgan fingerprint density at radius 1 is 1.11 bits per heavy atom.